The van der Waals surface area contributed by atoms with Crippen LogP contribution in [-0.4, -0.2) is 40.1 Å². The number of carbonyl (C=O) groups is 1. The summed E-state index contributed by atoms with van der Waals surface area (Å²) < 4.78 is 0. The molecule has 2 rings (SSSR count). The highest BCUT2D eigenvalue weighted by molar-refractivity contribution is 6.29. The Labute approximate surface area is 92.5 Å². The van der Waals surface area contributed by atoms with E-state index in [1.165, 1.54) is 0 Å². The highest BCUT2D eigenvalue weighted by Gasteiger charge is 2.29. The molecule has 1 aromatic heterocycles. The summed E-state index contributed by atoms with van der Waals surface area (Å²) in [4.78, 5) is 17.4. The Morgan fingerprint density at radius 1 is 1.60 bits per heavy atom. The van der Waals surface area contributed by atoms with Gasteiger partial charge < -0.3 is 10.0 Å². The van der Waals surface area contributed by atoms with Gasteiger partial charge in [0.2, 0.25) is 0 Å². The van der Waals surface area contributed by atoms with Gasteiger partial charge in [0.05, 0.1) is 6.10 Å². The summed E-state index contributed by atoms with van der Waals surface area (Å²) >= 11 is 5.76. The van der Waals surface area contributed by atoms with E-state index < -0.39 is 0 Å². The lowest BCUT2D eigenvalue weighted by Crippen LogP contribution is -2.53. The Morgan fingerprint density at radius 2 is 2.27 bits per heavy atom. The number of halogens is 1. The molecule has 1 amide bonds. The first-order valence-corrected chi connectivity index (χ1v) is 5.05. The monoisotopic (exact) mass is 226 g/mol. The molecule has 0 bridgehead atoms. The first kappa shape index (κ1) is 10.4. The van der Waals surface area contributed by atoms with Crippen LogP contribution in [0.2, 0.25) is 5.15 Å². The number of amides is 1. The number of likely N-dealkylation sites (tertiary alicyclic amines) is 1. The van der Waals surface area contributed by atoms with Crippen molar-refractivity contribution in [1.29, 1.82) is 0 Å². The minimum Gasteiger partial charge on any atom is -0.389 e. The van der Waals surface area contributed by atoms with Crippen LogP contribution >= 0.6 is 11.6 Å². The second-order valence-electron chi connectivity index (χ2n) is 3.68. The van der Waals surface area contributed by atoms with Gasteiger partial charge in [-0.3, -0.25) is 4.79 Å². The molecule has 1 N–H and O–H groups in total. The summed E-state index contributed by atoms with van der Waals surface area (Å²) in [6.45, 7) is 2.59. The van der Waals surface area contributed by atoms with Crippen LogP contribution in [0.1, 0.15) is 16.1 Å². The highest BCUT2D eigenvalue weighted by Crippen LogP contribution is 2.16. The summed E-state index contributed by atoms with van der Waals surface area (Å²) in [6.07, 6.45) is -0.382. The van der Waals surface area contributed by atoms with Crippen LogP contribution < -0.4 is 0 Å². The van der Waals surface area contributed by atoms with Gasteiger partial charge in [-0.25, -0.2) is 4.98 Å². The number of rotatable bonds is 1. The number of aliphatic hydroxyl groups is 1. The van der Waals surface area contributed by atoms with Crippen molar-refractivity contribution in [3.8, 4) is 0 Å². The standard InChI is InChI=1S/C10H11ClN2O2/c1-6-2-7(3-9(11)12-6)10(15)13-4-8(14)5-13/h2-3,8,14H,4-5H2,1H3. The summed E-state index contributed by atoms with van der Waals surface area (Å²) in [5.41, 5.74) is 1.24. The number of aryl methyl sites for hydroxylation is 1. The van der Waals surface area contributed by atoms with Crippen LogP contribution in [0, 0.1) is 6.92 Å². The van der Waals surface area contributed by atoms with Crippen LogP contribution in [0.5, 0.6) is 0 Å². The quantitative estimate of drug-likeness (QED) is 0.723. The summed E-state index contributed by atoms with van der Waals surface area (Å²) in [5.74, 6) is -0.104. The first-order chi connectivity index (χ1) is 7.06. The van der Waals surface area contributed by atoms with E-state index in [1.54, 1.807) is 24.0 Å². The number of carbonyl (C=O) groups excluding carboxylic acids is 1. The molecule has 0 saturated carbocycles. The molecule has 0 aromatic carbocycles. The molecule has 1 fully saturated rings. The third-order valence-electron chi connectivity index (χ3n) is 2.32. The van der Waals surface area contributed by atoms with Crippen molar-refractivity contribution in [2.75, 3.05) is 13.1 Å². The molecule has 0 spiro atoms. The third-order valence-corrected chi connectivity index (χ3v) is 2.51. The fourth-order valence-corrected chi connectivity index (χ4v) is 1.81. The Morgan fingerprint density at radius 3 is 2.80 bits per heavy atom. The molecule has 2 heterocycles. The minimum absolute atomic E-state index is 0.104. The van der Waals surface area contributed by atoms with E-state index in [2.05, 4.69) is 4.98 Å². The van der Waals surface area contributed by atoms with E-state index in [9.17, 15) is 4.79 Å². The van der Waals surface area contributed by atoms with Gasteiger partial charge in [0.1, 0.15) is 5.15 Å². The van der Waals surface area contributed by atoms with Crippen LogP contribution in [0.4, 0.5) is 0 Å². The zero-order valence-corrected chi connectivity index (χ0v) is 9.03. The van der Waals surface area contributed by atoms with E-state index in [1.807, 2.05) is 0 Å². The second kappa shape index (κ2) is 3.79. The van der Waals surface area contributed by atoms with E-state index in [-0.39, 0.29) is 12.0 Å². The zero-order valence-electron chi connectivity index (χ0n) is 8.27. The molecular formula is C10H11ClN2O2. The summed E-state index contributed by atoms with van der Waals surface area (Å²) in [6, 6.07) is 3.24. The van der Waals surface area contributed by atoms with Gasteiger partial charge in [0.25, 0.3) is 5.91 Å². The van der Waals surface area contributed by atoms with Gasteiger partial charge in [-0.1, -0.05) is 11.6 Å². The molecule has 0 aliphatic carbocycles. The maximum absolute atomic E-state index is 11.8. The van der Waals surface area contributed by atoms with Crippen molar-refractivity contribution in [2.45, 2.75) is 13.0 Å². The average Bonchev–Trinajstić information content (AvgIpc) is 2.10. The Kier molecular flexibility index (Phi) is 2.63. The zero-order chi connectivity index (χ0) is 11.0. The molecule has 1 saturated heterocycles. The van der Waals surface area contributed by atoms with Gasteiger partial charge in [-0.2, -0.15) is 0 Å². The number of aromatic nitrogens is 1. The lowest BCUT2D eigenvalue weighted by molar-refractivity contribution is 0.00588. The number of nitrogens with zero attached hydrogens (tertiary/aromatic N) is 2. The van der Waals surface area contributed by atoms with Crippen molar-refractivity contribution in [2.24, 2.45) is 0 Å². The second-order valence-corrected chi connectivity index (χ2v) is 4.07. The highest BCUT2D eigenvalue weighted by atomic mass is 35.5. The average molecular weight is 227 g/mol. The van der Waals surface area contributed by atoms with E-state index in [0.717, 1.165) is 0 Å². The fraction of sp³-hybridized carbons (Fsp3) is 0.400. The van der Waals surface area contributed by atoms with Gasteiger partial charge in [0.15, 0.2) is 0 Å². The molecular weight excluding hydrogens is 216 g/mol. The van der Waals surface area contributed by atoms with Crippen molar-refractivity contribution in [1.82, 2.24) is 9.88 Å². The first-order valence-electron chi connectivity index (χ1n) is 4.68. The minimum atomic E-state index is -0.382. The van der Waals surface area contributed by atoms with Crippen LogP contribution in [0.3, 0.4) is 0 Å². The molecule has 0 unspecified atom stereocenters. The smallest absolute Gasteiger partial charge is 0.254 e. The molecule has 1 aliphatic heterocycles. The largest absolute Gasteiger partial charge is 0.389 e. The van der Waals surface area contributed by atoms with Gasteiger partial charge >= 0.3 is 0 Å². The van der Waals surface area contributed by atoms with Crippen molar-refractivity contribution < 1.29 is 9.90 Å². The van der Waals surface area contributed by atoms with Gasteiger partial charge in [-0.05, 0) is 19.1 Å². The maximum atomic E-state index is 11.8. The molecule has 4 nitrogen and oxygen atoms in total. The van der Waals surface area contributed by atoms with E-state index in [0.29, 0.717) is 29.5 Å². The lowest BCUT2D eigenvalue weighted by atomic mass is 10.1. The third kappa shape index (κ3) is 2.11. The molecule has 0 atom stereocenters. The van der Waals surface area contributed by atoms with Gasteiger partial charge in [0, 0.05) is 24.3 Å². The summed E-state index contributed by atoms with van der Waals surface area (Å²) in [7, 11) is 0. The molecule has 80 valence electrons. The molecule has 5 heteroatoms. The number of β-amino-alcohol motifs (C(OH)–C–C–N with tert-alkyl or cyclic N) is 1. The fourth-order valence-electron chi connectivity index (χ4n) is 1.56. The predicted octanol–water partition coefficient (Wildman–Crippen LogP) is 0.860. The molecule has 1 aliphatic rings. The number of hydrogen-bond acceptors (Lipinski definition) is 3. The topological polar surface area (TPSA) is 53.4 Å². The van der Waals surface area contributed by atoms with Crippen LogP contribution in [0.15, 0.2) is 12.1 Å². The molecule has 15 heavy (non-hydrogen) atoms. The van der Waals surface area contributed by atoms with Crippen molar-refractivity contribution in [3.05, 3.63) is 28.5 Å². The number of pyridine rings is 1. The Hall–Kier alpha value is -1.13. The van der Waals surface area contributed by atoms with Crippen molar-refractivity contribution in [3.63, 3.8) is 0 Å². The molecule has 1 aromatic rings. The normalized spacial score (nSPS) is 16.3. The Balaban J connectivity index is 2.18. The van der Waals surface area contributed by atoms with Crippen LogP contribution in [-0.2, 0) is 0 Å². The maximum Gasteiger partial charge on any atom is 0.254 e. The predicted molar refractivity (Wildman–Crippen MR) is 55.9 cm³/mol. The number of hydrogen-bond donors (Lipinski definition) is 1. The van der Waals surface area contributed by atoms with Crippen LogP contribution in [0.25, 0.3) is 0 Å². The SMILES string of the molecule is Cc1cc(C(=O)N2CC(O)C2)cc(Cl)n1. The van der Waals surface area contributed by atoms with Gasteiger partial charge in [-0.15, -0.1) is 0 Å². The van der Waals surface area contributed by atoms with E-state index >= 15 is 0 Å². The van der Waals surface area contributed by atoms with Crippen molar-refractivity contribution >= 4 is 17.5 Å². The van der Waals surface area contributed by atoms with E-state index in [4.69, 9.17) is 16.7 Å². The lowest BCUT2D eigenvalue weighted by Gasteiger charge is -2.35. The molecule has 0 radical (unpaired) electrons. The Bertz CT molecular complexity index is 382. The number of aliphatic hydroxyl groups excluding tert-OH is 1. The summed E-state index contributed by atoms with van der Waals surface area (Å²) in [5, 5.41) is 9.41.